The number of sulfonamides is 1. The van der Waals surface area contributed by atoms with Gasteiger partial charge in [0.25, 0.3) is 11.5 Å². The first kappa shape index (κ1) is 28.5. The number of amides is 1. The van der Waals surface area contributed by atoms with Gasteiger partial charge < -0.3 is 10.2 Å². The molecule has 0 bridgehead atoms. The normalized spacial score (nSPS) is 13.8. The summed E-state index contributed by atoms with van der Waals surface area (Å²) in [6.07, 6.45) is 0.869. The van der Waals surface area contributed by atoms with E-state index in [1.807, 2.05) is 29.5 Å². The molecule has 0 aliphatic carbocycles. The summed E-state index contributed by atoms with van der Waals surface area (Å²) in [4.78, 5) is 37.3. The van der Waals surface area contributed by atoms with Crippen LogP contribution >= 0.6 is 11.6 Å². The molecule has 5 rings (SSSR count). The van der Waals surface area contributed by atoms with E-state index in [2.05, 4.69) is 10.3 Å². The maximum Gasteiger partial charge on any atom is 0.285 e. The summed E-state index contributed by atoms with van der Waals surface area (Å²) in [5.74, 6) is -0.814. The van der Waals surface area contributed by atoms with Crippen LogP contribution in [0.5, 0.6) is 0 Å². The van der Waals surface area contributed by atoms with E-state index < -0.39 is 22.0 Å². The first-order chi connectivity index (χ1) is 19.2. The predicted octanol–water partition coefficient (Wildman–Crippen LogP) is 4.12. The van der Waals surface area contributed by atoms with Crippen LogP contribution in [0.4, 0.5) is 16.0 Å². The highest BCUT2D eigenvalue weighted by Crippen LogP contribution is 2.32. The van der Waals surface area contributed by atoms with E-state index in [9.17, 15) is 22.4 Å². The number of nitrogens with zero attached hydrogens (tertiary/aromatic N) is 4. The number of hydrogen-bond acceptors (Lipinski definition) is 8. The van der Waals surface area contributed by atoms with E-state index in [-0.39, 0.29) is 27.9 Å². The third-order valence-corrected chi connectivity index (χ3v) is 7.93. The zero-order valence-corrected chi connectivity index (χ0v) is 24.6. The lowest BCUT2D eigenvalue weighted by Crippen LogP contribution is -2.31. The Labute approximate surface area is 241 Å². The summed E-state index contributed by atoms with van der Waals surface area (Å²) in [5, 5.41) is 3.72. The van der Waals surface area contributed by atoms with Crippen LogP contribution in [0.25, 0.3) is 10.9 Å². The van der Waals surface area contributed by atoms with E-state index in [1.165, 1.54) is 16.7 Å². The molecule has 41 heavy (non-hydrogen) atoms. The van der Waals surface area contributed by atoms with Gasteiger partial charge in [-0.3, -0.25) is 14.2 Å². The van der Waals surface area contributed by atoms with Crippen molar-refractivity contribution in [2.45, 2.75) is 39.9 Å². The van der Waals surface area contributed by atoms with Crippen molar-refractivity contribution < 1.29 is 17.6 Å². The third kappa shape index (κ3) is 5.62. The second-order valence-electron chi connectivity index (χ2n) is 10.4. The first-order valence-electron chi connectivity index (χ1n) is 12.7. The van der Waals surface area contributed by atoms with Crippen LogP contribution in [0.3, 0.4) is 0 Å². The molecule has 0 spiro atoms. The van der Waals surface area contributed by atoms with Crippen LogP contribution in [0.15, 0.2) is 41.2 Å². The molecule has 0 unspecified atom stereocenters. The van der Waals surface area contributed by atoms with Crippen molar-refractivity contribution in [1.29, 1.82) is 0 Å². The Morgan fingerprint density at radius 3 is 2.51 bits per heavy atom. The molecular weight excluding hydrogens is 571 g/mol. The SMILES string of the molecule is Cc1cc([C@@H](C)Nc2cc(C)c(Cl)nc2C(=O)NS(C)(=O)=O)c2nc(N3Cc4ccc(F)cc4C3)n(C)c(=O)c2c1. The number of aryl methyl sites for hydroxylation is 2. The molecular formula is C28H28ClFN6O4S. The smallest absolute Gasteiger partial charge is 0.285 e. The minimum atomic E-state index is -3.85. The van der Waals surface area contributed by atoms with Crippen LogP contribution in [0.2, 0.25) is 5.15 Å². The molecule has 0 saturated carbocycles. The summed E-state index contributed by atoms with van der Waals surface area (Å²) < 4.78 is 40.7. The predicted molar refractivity (Wildman–Crippen MR) is 156 cm³/mol. The molecule has 0 fully saturated rings. The Kier molecular flexibility index (Phi) is 7.24. The van der Waals surface area contributed by atoms with Gasteiger partial charge in [0.2, 0.25) is 16.0 Å². The molecule has 10 nitrogen and oxygen atoms in total. The van der Waals surface area contributed by atoms with Gasteiger partial charge >= 0.3 is 0 Å². The highest BCUT2D eigenvalue weighted by Gasteiger charge is 2.26. The summed E-state index contributed by atoms with van der Waals surface area (Å²) in [7, 11) is -2.19. The van der Waals surface area contributed by atoms with Crippen molar-refractivity contribution in [1.82, 2.24) is 19.3 Å². The Hall–Kier alpha value is -4.03. The van der Waals surface area contributed by atoms with Gasteiger partial charge in [0, 0.05) is 25.7 Å². The second-order valence-corrected chi connectivity index (χ2v) is 12.5. The van der Waals surface area contributed by atoms with Gasteiger partial charge in [-0.1, -0.05) is 23.7 Å². The van der Waals surface area contributed by atoms with Gasteiger partial charge in [-0.25, -0.2) is 27.5 Å². The topological polar surface area (TPSA) is 126 Å². The van der Waals surface area contributed by atoms with Crippen LogP contribution < -0.4 is 20.5 Å². The molecule has 3 heterocycles. The van der Waals surface area contributed by atoms with Gasteiger partial charge in [-0.2, -0.15) is 0 Å². The lowest BCUT2D eigenvalue weighted by atomic mass is 10.0. The molecule has 1 amide bonds. The van der Waals surface area contributed by atoms with Gasteiger partial charge in [0.05, 0.1) is 28.9 Å². The number of rotatable bonds is 6. The fourth-order valence-corrected chi connectivity index (χ4v) is 5.63. The quantitative estimate of drug-likeness (QED) is 0.318. The average molecular weight is 599 g/mol. The Bertz CT molecular complexity index is 1910. The van der Waals surface area contributed by atoms with Gasteiger partial charge in [-0.05, 0) is 67.3 Å². The van der Waals surface area contributed by atoms with Crippen LogP contribution in [0.1, 0.15) is 51.3 Å². The molecule has 0 saturated heterocycles. The maximum atomic E-state index is 13.8. The molecule has 13 heteroatoms. The van der Waals surface area contributed by atoms with Gasteiger partial charge in [-0.15, -0.1) is 0 Å². The summed E-state index contributed by atoms with van der Waals surface area (Å²) in [6.45, 7) is 6.30. The number of aromatic nitrogens is 3. The number of carbonyl (C=O) groups excluding carboxylic acids is 1. The number of nitrogens with one attached hydrogen (secondary N) is 2. The second kappa shape index (κ2) is 10.4. The molecule has 2 aromatic carbocycles. The van der Waals surface area contributed by atoms with Crippen LogP contribution in [-0.4, -0.2) is 35.1 Å². The minimum absolute atomic E-state index is 0.0594. The Morgan fingerprint density at radius 2 is 1.80 bits per heavy atom. The average Bonchev–Trinajstić information content (AvgIpc) is 3.29. The van der Waals surface area contributed by atoms with Crippen molar-refractivity contribution in [3.05, 3.63) is 91.2 Å². The molecule has 2 N–H and O–H groups in total. The summed E-state index contributed by atoms with van der Waals surface area (Å²) in [6, 6.07) is 9.44. The van der Waals surface area contributed by atoms with Gasteiger partial charge in [0.15, 0.2) is 5.69 Å². The van der Waals surface area contributed by atoms with E-state index in [1.54, 1.807) is 32.2 Å². The number of benzene rings is 2. The van der Waals surface area contributed by atoms with E-state index >= 15 is 0 Å². The Morgan fingerprint density at radius 1 is 1.10 bits per heavy atom. The van der Waals surface area contributed by atoms with Crippen molar-refractivity contribution in [3.8, 4) is 0 Å². The lowest BCUT2D eigenvalue weighted by Gasteiger charge is -2.23. The lowest BCUT2D eigenvalue weighted by molar-refractivity contribution is 0.0977. The fourth-order valence-electron chi connectivity index (χ4n) is 5.06. The summed E-state index contributed by atoms with van der Waals surface area (Å²) >= 11 is 6.17. The molecule has 4 aromatic rings. The molecule has 1 aliphatic rings. The number of fused-ring (bicyclic) bond motifs is 2. The monoisotopic (exact) mass is 598 g/mol. The van der Waals surface area contributed by atoms with Crippen LogP contribution in [-0.2, 0) is 30.2 Å². The fraction of sp³-hybridized carbons (Fsp3) is 0.286. The number of carbonyl (C=O) groups is 1. The van der Waals surface area contributed by atoms with Crippen molar-refractivity contribution >= 4 is 50.1 Å². The number of anilines is 2. The molecule has 1 aliphatic heterocycles. The van der Waals surface area contributed by atoms with Crippen molar-refractivity contribution in [3.63, 3.8) is 0 Å². The Balaban J connectivity index is 1.58. The summed E-state index contributed by atoms with van der Waals surface area (Å²) in [5.41, 5.74) is 4.19. The number of halogens is 2. The van der Waals surface area contributed by atoms with Crippen LogP contribution in [0, 0.1) is 19.7 Å². The third-order valence-electron chi connectivity index (χ3n) is 6.99. The molecule has 0 radical (unpaired) electrons. The first-order valence-corrected chi connectivity index (χ1v) is 15.0. The van der Waals surface area contributed by atoms with E-state index in [0.717, 1.165) is 22.9 Å². The zero-order valence-electron chi connectivity index (χ0n) is 23.0. The maximum absolute atomic E-state index is 13.8. The molecule has 214 valence electrons. The number of pyridine rings is 1. The van der Waals surface area contributed by atoms with E-state index in [4.69, 9.17) is 16.6 Å². The van der Waals surface area contributed by atoms with Crippen molar-refractivity contribution in [2.24, 2.45) is 7.05 Å². The highest BCUT2D eigenvalue weighted by atomic mass is 35.5. The molecule has 1 atom stereocenters. The van der Waals surface area contributed by atoms with E-state index in [0.29, 0.717) is 41.1 Å². The molecule has 2 aromatic heterocycles. The number of hydrogen-bond donors (Lipinski definition) is 2. The standard InChI is InChI=1S/C28H28ClFN6O4S/c1-14-8-20(16(3)31-22-10-15(2)25(29)32-24(22)26(37)34-41(5,39)40)23-21(9-14)27(38)35(4)28(33-23)36-12-17-6-7-19(30)11-18(17)13-36/h6-11,16,31H,12-13H2,1-5H3,(H,34,37)/t16-/m1/s1. The van der Waals surface area contributed by atoms with Gasteiger partial charge in [0.1, 0.15) is 11.0 Å². The highest BCUT2D eigenvalue weighted by molar-refractivity contribution is 7.89. The van der Waals surface area contributed by atoms with Crippen molar-refractivity contribution in [2.75, 3.05) is 16.5 Å². The largest absolute Gasteiger partial charge is 0.377 e. The zero-order chi connectivity index (χ0) is 29.8. The minimum Gasteiger partial charge on any atom is -0.377 e.